The Labute approximate surface area is 225 Å². The van der Waals surface area contributed by atoms with Crippen molar-refractivity contribution in [1.29, 1.82) is 0 Å². The number of rotatable bonds is 8. The van der Waals surface area contributed by atoms with E-state index in [4.69, 9.17) is 14.7 Å². The van der Waals surface area contributed by atoms with Crippen LogP contribution in [0.3, 0.4) is 0 Å². The van der Waals surface area contributed by atoms with Gasteiger partial charge in [0, 0.05) is 31.6 Å². The average Bonchev–Trinajstić information content (AvgIpc) is 2.86. The minimum atomic E-state index is -3.58. The molecule has 0 saturated carbocycles. The van der Waals surface area contributed by atoms with E-state index in [-0.39, 0.29) is 11.9 Å². The van der Waals surface area contributed by atoms with E-state index in [1.54, 1.807) is 4.31 Å². The minimum absolute atomic E-state index is 0.00421. The highest BCUT2D eigenvalue weighted by molar-refractivity contribution is 7.89. The topological polar surface area (TPSA) is 105 Å². The van der Waals surface area contributed by atoms with Crippen LogP contribution in [-0.2, 0) is 26.1 Å². The maximum Gasteiger partial charge on any atom is 0.328 e. The number of aromatic nitrogens is 2. The number of anilines is 1. The van der Waals surface area contributed by atoms with Gasteiger partial charge in [0.25, 0.3) is 0 Å². The number of carbonyl (C=O) groups is 1. The van der Waals surface area contributed by atoms with Crippen molar-refractivity contribution in [3.8, 4) is 0 Å². The van der Waals surface area contributed by atoms with Gasteiger partial charge in [0.2, 0.25) is 10.0 Å². The Balaban J connectivity index is 1.52. The molecule has 0 spiro atoms. The lowest BCUT2D eigenvalue weighted by molar-refractivity contribution is -0.142. The molecule has 0 aliphatic carbocycles. The second kappa shape index (κ2) is 11.3. The first-order chi connectivity index (χ1) is 18.0. The van der Waals surface area contributed by atoms with E-state index < -0.39 is 16.1 Å². The molecule has 0 amide bonds. The first kappa shape index (κ1) is 27.9. The standard InChI is InChI=1S/C28H37N5O4S/c1-18(2)25(28(34)37-6)31-27-22-9-7-8-10-23(22)29-24(30-27)17-32-11-13-33(14-12-32)38(35,36)26-20(4)15-19(3)16-21(26)5/h7-10,15-16,18,25H,11-14,17H2,1-6H3,(H,29,30,31)/t25-/m0/s1. The summed E-state index contributed by atoms with van der Waals surface area (Å²) in [5, 5.41) is 4.10. The molecule has 3 aromatic rings. The van der Waals surface area contributed by atoms with Gasteiger partial charge in [-0.3, -0.25) is 4.90 Å². The molecule has 0 radical (unpaired) electrons. The van der Waals surface area contributed by atoms with Gasteiger partial charge in [-0.2, -0.15) is 4.31 Å². The van der Waals surface area contributed by atoms with Crippen LogP contribution in [0.4, 0.5) is 5.82 Å². The van der Waals surface area contributed by atoms with Crippen LogP contribution in [-0.4, -0.2) is 72.9 Å². The van der Waals surface area contributed by atoms with Crippen LogP contribution < -0.4 is 5.32 Å². The van der Waals surface area contributed by atoms with Gasteiger partial charge in [-0.15, -0.1) is 0 Å². The summed E-state index contributed by atoms with van der Waals surface area (Å²) in [6.07, 6.45) is 0. The summed E-state index contributed by atoms with van der Waals surface area (Å²) < 4.78 is 33.5. The molecule has 0 unspecified atom stereocenters. The van der Waals surface area contributed by atoms with Crippen LogP contribution >= 0.6 is 0 Å². The molecule has 204 valence electrons. The van der Waals surface area contributed by atoms with Crippen molar-refractivity contribution < 1.29 is 17.9 Å². The predicted octanol–water partition coefficient (Wildman–Crippen LogP) is 3.67. The highest BCUT2D eigenvalue weighted by Crippen LogP contribution is 2.27. The van der Waals surface area contributed by atoms with E-state index in [0.29, 0.717) is 49.3 Å². The van der Waals surface area contributed by atoms with Gasteiger partial charge in [-0.25, -0.2) is 23.2 Å². The van der Waals surface area contributed by atoms with Crippen LogP contribution in [0.5, 0.6) is 0 Å². The predicted molar refractivity (Wildman–Crippen MR) is 148 cm³/mol. The summed E-state index contributed by atoms with van der Waals surface area (Å²) in [5.41, 5.74) is 3.39. The van der Waals surface area contributed by atoms with Crippen molar-refractivity contribution in [2.45, 2.75) is 52.1 Å². The number of esters is 1. The number of carbonyl (C=O) groups excluding carboxylic acids is 1. The van der Waals surface area contributed by atoms with Crippen LogP contribution in [0.15, 0.2) is 41.3 Å². The third-order valence-electron chi connectivity index (χ3n) is 6.96. The number of nitrogens with one attached hydrogen (secondary N) is 1. The molecule has 38 heavy (non-hydrogen) atoms. The molecule has 4 rings (SSSR count). The number of hydrogen-bond donors (Lipinski definition) is 1. The summed E-state index contributed by atoms with van der Waals surface area (Å²) in [7, 11) is -2.20. The van der Waals surface area contributed by atoms with Gasteiger partial charge in [-0.05, 0) is 49.9 Å². The number of nitrogens with zero attached hydrogens (tertiary/aromatic N) is 4. The van der Waals surface area contributed by atoms with Crippen LogP contribution in [0, 0.1) is 26.7 Å². The number of sulfonamides is 1. The van der Waals surface area contributed by atoms with E-state index in [0.717, 1.165) is 27.6 Å². The third kappa shape index (κ3) is 5.82. The van der Waals surface area contributed by atoms with Crippen molar-refractivity contribution >= 4 is 32.7 Å². The smallest absolute Gasteiger partial charge is 0.328 e. The van der Waals surface area contributed by atoms with Crippen LogP contribution in [0.25, 0.3) is 10.9 Å². The van der Waals surface area contributed by atoms with Gasteiger partial charge < -0.3 is 10.1 Å². The lowest BCUT2D eigenvalue weighted by Crippen LogP contribution is -2.48. The van der Waals surface area contributed by atoms with E-state index in [1.807, 2.05) is 71.0 Å². The Bertz CT molecular complexity index is 1410. The number of para-hydroxylation sites is 1. The summed E-state index contributed by atoms with van der Waals surface area (Å²) in [6, 6.07) is 11.0. The quantitative estimate of drug-likeness (QED) is 0.433. The molecule has 1 saturated heterocycles. The lowest BCUT2D eigenvalue weighted by atomic mass is 10.0. The molecule has 2 heterocycles. The number of benzene rings is 2. The monoisotopic (exact) mass is 539 g/mol. The van der Waals surface area contributed by atoms with Gasteiger partial charge >= 0.3 is 5.97 Å². The molecular formula is C28H37N5O4S. The zero-order valence-corrected chi connectivity index (χ0v) is 23.8. The van der Waals surface area contributed by atoms with Crippen molar-refractivity contribution in [2.75, 3.05) is 38.6 Å². The average molecular weight is 540 g/mol. The van der Waals surface area contributed by atoms with Crippen molar-refractivity contribution in [3.05, 3.63) is 58.9 Å². The molecule has 10 heteroatoms. The van der Waals surface area contributed by atoms with Crippen molar-refractivity contribution in [3.63, 3.8) is 0 Å². The number of piperazine rings is 1. The summed E-state index contributed by atoms with van der Waals surface area (Å²) in [6.45, 7) is 12.0. The Kier molecular flexibility index (Phi) is 8.34. The Morgan fingerprint density at radius 1 is 1.03 bits per heavy atom. The summed E-state index contributed by atoms with van der Waals surface area (Å²) >= 11 is 0. The SMILES string of the molecule is COC(=O)[C@@H](Nc1nc(CN2CCN(S(=O)(=O)c3c(C)cc(C)cc3C)CC2)nc2ccccc12)C(C)C. The number of ether oxygens (including phenoxy) is 1. The first-order valence-corrected chi connectivity index (χ1v) is 14.4. The zero-order chi connectivity index (χ0) is 27.6. The van der Waals surface area contributed by atoms with Crippen LogP contribution in [0.2, 0.25) is 0 Å². The fourth-order valence-corrected chi connectivity index (χ4v) is 6.94. The molecule has 1 N–H and O–H groups in total. The number of hydrogen-bond acceptors (Lipinski definition) is 8. The third-order valence-corrected chi connectivity index (χ3v) is 9.17. The molecule has 1 aliphatic heterocycles. The molecule has 0 bridgehead atoms. The van der Waals surface area contributed by atoms with E-state index in [9.17, 15) is 13.2 Å². The number of methoxy groups -OCH3 is 1. The second-order valence-corrected chi connectivity index (χ2v) is 12.2. The summed E-state index contributed by atoms with van der Waals surface area (Å²) in [4.78, 5) is 24.5. The van der Waals surface area contributed by atoms with Gasteiger partial charge in [0.05, 0.1) is 24.1 Å². The summed E-state index contributed by atoms with van der Waals surface area (Å²) in [5.74, 6) is 0.845. The van der Waals surface area contributed by atoms with Crippen molar-refractivity contribution in [2.24, 2.45) is 5.92 Å². The molecule has 1 fully saturated rings. The fourth-order valence-electron chi connectivity index (χ4n) is 5.11. The van der Waals surface area contributed by atoms with Gasteiger partial charge in [0.1, 0.15) is 17.7 Å². The maximum absolute atomic E-state index is 13.5. The second-order valence-electron chi connectivity index (χ2n) is 10.3. The highest BCUT2D eigenvalue weighted by atomic mass is 32.2. The molecule has 9 nitrogen and oxygen atoms in total. The van der Waals surface area contributed by atoms with Crippen LogP contribution in [0.1, 0.15) is 36.4 Å². The normalized spacial score (nSPS) is 16.1. The lowest BCUT2D eigenvalue weighted by Gasteiger charge is -2.34. The Hall–Kier alpha value is -3.08. The molecular weight excluding hydrogens is 502 g/mol. The molecule has 1 aliphatic rings. The molecule has 2 aromatic carbocycles. The Morgan fingerprint density at radius 2 is 1.66 bits per heavy atom. The van der Waals surface area contributed by atoms with Gasteiger partial charge in [0.15, 0.2) is 0 Å². The Morgan fingerprint density at radius 3 is 2.26 bits per heavy atom. The number of aryl methyl sites for hydroxylation is 3. The first-order valence-electron chi connectivity index (χ1n) is 12.9. The van der Waals surface area contributed by atoms with E-state index >= 15 is 0 Å². The van der Waals surface area contributed by atoms with E-state index in [1.165, 1.54) is 7.11 Å². The fraction of sp³-hybridized carbons (Fsp3) is 0.464. The molecule has 1 aromatic heterocycles. The van der Waals surface area contributed by atoms with E-state index in [2.05, 4.69) is 10.2 Å². The maximum atomic E-state index is 13.5. The molecule has 1 atom stereocenters. The largest absolute Gasteiger partial charge is 0.467 e. The highest BCUT2D eigenvalue weighted by Gasteiger charge is 2.31. The minimum Gasteiger partial charge on any atom is -0.467 e. The van der Waals surface area contributed by atoms with Gasteiger partial charge in [-0.1, -0.05) is 43.7 Å². The van der Waals surface area contributed by atoms with Crippen molar-refractivity contribution in [1.82, 2.24) is 19.2 Å². The number of fused-ring (bicyclic) bond motifs is 1. The zero-order valence-electron chi connectivity index (χ0n) is 23.0.